The molecule has 0 atom stereocenters. The molecule has 0 amide bonds. The molecule has 0 spiro atoms. The lowest BCUT2D eigenvalue weighted by Crippen LogP contribution is -2.10. The fourth-order valence-electron chi connectivity index (χ4n) is 2.63. The Morgan fingerprint density at radius 2 is 2.08 bits per heavy atom. The van der Waals surface area contributed by atoms with E-state index < -0.39 is 5.97 Å². The quantitative estimate of drug-likeness (QED) is 0.656. The molecule has 2 aromatic carbocycles. The summed E-state index contributed by atoms with van der Waals surface area (Å²) in [5, 5.41) is 29.0. The van der Waals surface area contributed by atoms with Gasteiger partial charge in [-0.15, -0.1) is 0 Å². The Labute approximate surface area is 143 Å². The predicted octanol–water partition coefficient (Wildman–Crippen LogP) is 2.24. The highest BCUT2D eigenvalue weighted by molar-refractivity contribution is 5.92. The molecule has 1 heterocycles. The van der Waals surface area contributed by atoms with Crippen molar-refractivity contribution in [1.82, 2.24) is 4.57 Å². The van der Waals surface area contributed by atoms with Crippen molar-refractivity contribution in [2.24, 2.45) is 5.73 Å². The first-order chi connectivity index (χ1) is 12.0. The Morgan fingerprint density at radius 3 is 2.72 bits per heavy atom. The van der Waals surface area contributed by atoms with Crippen molar-refractivity contribution in [3.63, 3.8) is 0 Å². The number of carboxylic acid groups (broad SMARTS) is 1. The van der Waals surface area contributed by atoms with Crippen LogP contribution in [0.25, 0.3) is 16.6 Å². The van der Waals surface area contributed by atoms with Gasteiger partial charge in [0, 0.05) is 35.9 Å². The summed E-state index contributed by atoms with van der Waals surface area (Å²) in [5.41, 5.74) is 6.95. The number of ether oxygens (including phenoxy) is 1. The number of aromatic nitrogens is 1. The highest BCUT2D eigenvalue weighted by Crippen LogP contribution is 2.30. The number of carboxylic acids is 1. The Kier molecular flexibility index (Phi) is 4.29. The fraction of sp³-hybridized carbons (Fsp3) is 0.111. The number of hydrogen-bond acceptors (Lipinski definition) is 5. The molecule has 0 aliphatic rings. The average Bonchev–Trinajstić information content (AvgIpc) is 2.97. The van der Waals surface area contributed by atoms with Crippen molar-refractivity contribution in [2.45, 2.75) is 0 Å². The Bertz CT molecular complexity index is 1000. The number of nitrogens with zero attached hydrogens (tertiary/aromatic N) is 2. The zero-order valence-electron chi connectivity index (χ0n) is 13.1. The Balaban J connectivity index is 2.16. The van der Waals surface area contributed by atoms with Crippen LogP contribution in [-0.2, 0) is 0 Å². The van der Waals surface area contributed by atoms with Crippen LogP contribution in [-0.4, -0.2) is 33.9 Å². The van der Waals surface area contributed by atoms with Gasteiger partial charge in [0.1, 0.15) is 29.7 Å². The minimum atomic E-state index is -1.21. The highest BCUT2D eigenvalue weighted by Gasteiger charge is 2.14. The molecule has 3 aromatic rings. The second-order valence-corrected chi connectivity index (χ2v) is 5.35. The number of rotatable bonds is 5. The fourth-order valence-corrected chi connectivity index (χ4v) is 2.63. The molecule has 3 rings (SSSR count). The van der Waals surface area contributed by atoms with E-state index in [-0.39, 0.29) is 11.3 Å². The SMILES string of the molecule is N#Cc1cn(-c2ccc(C(=O)O)c(O)c2)c2cc(OCCN)ccc12. The van der Waals surface area contributed by atoms with E-state index >= 15 is 0 Å². The van der Waals surface area contributed by atoms with Gasteiger partial charge in [-0.05, 0) is 24.3 Å². The molecule has 0 aliphatic carbocycles. The molecule has 0 fully saturated rings. The van der Waals surface area contributed by atoms with Crippen molar-refractivity contribution in [3.8, 4) is 23.3 Å². The Hall–Kier alpha value is -3.50. The molecular formula is C18H15N3O4. The number of hydrogen-bond donors (Lipinski definition) is 3. The average molecular weight is 337 g/mol. The summed E-state index contributed by atoms with van der Waals surface area (Å²) in [7, 11) is 0. The van der Waals surface area contributed by atoms with Gasteiger partial charge < -0.3 is 25.3 Å². The number of carbonyl (C=O) groups is 1. The monoisotopic (exact) mass is 337 g/mol. The topological polar surface area (TPSA) is 122 Å². The minimum absolute atomic E-state index is 0.187. The summed E-state index contributed by atoms with van der Waals surface area (Å²) in [4.78, 5) is 11.0. The van der Waals surface area contributed by atoms with E-state index in [1.54, 1.807) is 35.0 Å². The molecule has 7 heteroatoms. The number of nitrogens with two attached hydrogens (primary N) is 1. The van der Waals surface area contributed by atoms with Crippen molar-refractivity contribution < 1.29 is 19.7 Å². The van der Waals surface area contributed by atoms with Crippen LogP contribution in [0.4, 0.5) is 0 Å². The normalized spacial score (nSPS) is 10.6. The highest BCUT2D eigenvalue weighted by atomic mass is 16.5. The minimum Gasteiger partial charge on any atom is -0.507 e. The van der Waals surface area contributed by atoms with Crippen LogP contribution in [0.1, 0.15) is 15.9 Å². The van der Waals surface area contributed by atoms with Crippen LogP contribution in [0.15, 0.2) is 42.6 Å². The summed E-state index contributed by atoms with van der Waals surface area (Å²) in [6.07, 6.45) is 1.63. The number of phenols is 1. The van der Waals surface area contributed by atoms with Gasteiger partial charge in [0.05, 0.1) is 11.1 Å². The second kappa shape index (κ2) is 6.55. The summed E-state index contributed by atoms with van der Waals surface area (Å²) in [6.45, 7) is 0.748. The van der Waals surface area contributed by atoms with E-state index in [1.807, 2.05) is 0 Å². The van der Waals surface area contributed by atoms with Gasteiger partial charge in [0.15, 0.2) is 0 Å². The smallest absolute Gasteiger partial charge is 0.339 e. The second-order valence-electron chi connectivity index (χ2n) is 5.35. The number of fused-ring (bicyclic) bond motifs is 1. The van der Waals surface area contributed by atoms with Crippen molar-refractivity contribution in [2.75, 3.05) is 13.2 Å². The van der Waals surface area contributed by atoms with Gasteiger partial charge in [0.2, 0.25) is 0 Å². The summed E-state index contributed by atoms with van der Waals surface area (Å²) in [6, 6.07) is 11.7. The largest absolute Gasteiger partial charge is 0.507 e. The molecule has 0 radical (unpaired) electrons. The number of benzene rings is 2. The van der Waals surface area contributed by atoms with Crippen LogP contribution in [0.2, 0.25) is 0 Å². The molecular weight excluding hydrogens is 322 g/mol. The summed E-state index contributed by atoms with van der Waals surface area (Å²) in [5.74, 6) is -0.953. The number of aromatic carboxylic acids is 1. The molecule has 7 nitrogen and oxygen atoms in total. The third-order valence-corrected chi connectivity index (χ3v) is 3.77. The molecule has 0 saturated heterocycles. The van der Waals surface area contributed by atoms with E-state index in [1.165, 1.54) is 12.1 Å². The number of nitriles is 1. The maximum absolute atomic E-state index is 11.0. The lowest BCUT2D eigenvalue weighted by molar-refractivity contribution is 0.0694. The van der Waals surface area contributed by atoms with Gasteiger partial charge in [-0.1, -0.05) is 0 Å². The lowest BCUT2D eigenvalue weighted by atomic mass is 10.1. The van der Waals surface area contributed by atoms with Crippen LogP contribution in [0.5, 0.6) is 11.5 Å². The molecule has 0 bridgehead atoms. The maximum Gasteiger partial charge on any atom is 0.339 e. The molecule has 1 aromatic heterocycles. The molecule has 126 valence electrons. The standard InChI is InChI=1S/C18H15N3O4/c19-5-6-25-13-2-4-14-11(9-20)10-21(16(14)8-13)12-1-3-15(18(23)24)17(22)7-12/h1-4,7-8,10,22H,5-6,19H2,(H,23,24). The van der Waals surface area contributed by atoms with Crippen LogP contribution >= 0.6 is 0 Å². The number of aromatic hydroxyl groups is 1. The van der Waals surface area contributed by atoms with Crippen molar-refractivity contribution in [3.05, 3.63) is 53.7 Å². The van der Waals surface area contributed by atoms with Crippen LogP contribution in [0.3, 0.4) is 0 Å². The first kappa shape index (κ1) is 16.4. The van der Waals surface area contributed by atoms with Gasteiger partial charge in [0.25, 0.3) is 0 Å². The van der Waals surface area contributed by atoms with Gasteiger partial charge in [-0.3, -0.25) is 0 Å². The zero-order valence-corrected chi connectivity index (χ0v) is 13.1. The molecule has 0 saturated carbocycles. The van der Waals surface area contributed by atoms with Crippen LogP contribution < -0.4 is 10.5 Å². The zero-order chi connectivity index (χ0) is 18.0. The third kappa shape index (κ3) is 2.98. The first-order valence-corrected chi connectivity index (χ1v) is 7.50. The van der Waals surface area contributed by atoms with Gasteiger partial charge in [-0.25, -0.2) is 4.79 Å². The molecule has 0 aliphatic heterocycles. The summed E-state index contributed by atoms with van der Waals surface area (Å²) < 4.78 is 7.23. The summed E-state index contributed by atoms with van der Waals surface area (Å²) >= 11 is 0. The van der Waals surface area contributed by atoms with E-state index in [2.05, 4.69) is 6.07 Å². The van der Waals surface area contributed by atoms with E-state index in [0.29, 0.717) is 35.7 Å². The Morgan fingerprint density at radius 1 is 1.28 bits per heavy atom. The van der Waals surface area contributed by atoms with Gasteiger partial charge in [-0.2, -0.15) is 5.26 Å². The van der Waals surface area contributed by atoms with E-state index in [9.17, 15) is 15.2 Å². The van der Waals surface area contributed by atoms with E-state index in [0.717, 1.165) is 5.39 Å². The first-order valence-electron chi connectivity index (χ1n) is 7.50. The van der Waals surface area contributed by atoms with Crippen LogP contribution in [0, 0.1) is 11.3 Å². The maximum atomic E-state index is 11.0. The molecule has 25 heavy (non-hydrogen) atoms. The molecule has 4 N–H and O–H groups in total. The lowest BCUT2D eigenvalue weighted by Gasteiger charge is -2.09. The van der Waals surface area contributed by atoms with Crippen molar-refractivity contribution >= 4 is 16.9 Å². The predicted molar refractivity (Wildman–Crippen MR) is 91.2 cm³/mol. The third-order valence-electron chi connectivity index (χ3n) is 3.77. The van der Waals surface area contributed by atoms with Gasteiger partial charge >= 0.3 is 5.97 Å². The van der Waals surface area contributed by atoms with E-state index in [4.69, 9.17) is 15.6 Å². The van der Waals surface area contributed by atoms with Crippen molar-refractivity contribution in [1.29, 1.82) is 5.26 Å². The molecule has 0 unspecified atom stereocenters.